The first kappa shape index (κ1) is 14.1. The Morgan fingerprint density at radius 1 is 1.06 bits per heavy atom. The van der Waals surface area contributed by atoms with Crippen LogP contribution in [0.5, 0.6) is 0 Å². The molecule has 91 valence electrons. The van der Waals surface area contributed by atoms with Gasteiger partial charge < -0.3 is 9.50 Å². The van der Waals surface area contributed by atoms with E-state index in [9.17, 15) is 5.02 Å². The minimum Gasteiger partial charge on any atom is -0.435 e. The molecule has 18 heavy (non-hydrogen) atoms. The predicted octanol–water partition coefficient (Wildman–Crippen LogP) is 3.38. The van der Waals surface area contributed by atoms with Gasteiger partial charge in [-0.1, -0.05) is 50.1 Å². The average Bonchev–Trinajstić information content (AvgIpc) is 2.68. The smallest absolute Gasteiger partial charge is 0.435 e. The Kier molecular flexibility index (Phi) is 5.21. The summed E-state index contributed by atoms with van der Waals surface area (Å²) in [5.41, 5.74) is 3.60. The van der Waals surface area contributed by atoms with E-state index in [0.717, 1.165) is 30.1 Å². The SMILES string of the molecule is C=C/C=C\c1c(C=C)c(/C=C\C)c(C=C)n1[B]O. The maximum Gasteiger partial charge on any atom is 0.441 e. The first-order valence-electron chi connectivity index (χ1n) is 5.67. The summed E-state index contributed by atoms with van der Waals surface area (Å²) >= 11 is 0. The summed E-state index contributed by atoms with van der Waals surface area (Å²) < 4.78 is 1.67. The fraction of sp³-hybridized carbons (Fsp3) is 0.0667. The second kappa shape index (κ2) is 6.67. The topological polar surface area (TPSA) is 25.2 Å². The van der Waals surface area contributed by atoms with Crippen molar-refractivity contribution in [1.82, 2.24) is 4.48 Å². The zero-order valence-electron chi connectivity index (χ0n) is 10.6. The normalized spacial score (nSPS) is 11.0. The van der Waals surface area contributed by atoms with E-state index < -0.39 is 0 Å². The van der Waals surface area contributed by atoms with Crippen LogP contribution in [0, 0.1) is 0 Å². The molecule has 1 rings (SSSR count). The van der Waals surface area contributed by atoms with E-state index in [4.69, 9.17) is 0 Å². The molecule has 1 heterocycles. The molecule has 3 heteroatoms. The van der Waals surface area contributed by atoms with Crippen LogP contribution in [0.2, 0.25) is 0 Å². The van der Waals surface area contributed by atoms with Crippen LogP contribution in [0.4, 0.5) is 0 Å². The van der Waals surface area contributed by atoms with Crippen LogP contribution in [0.15, 0.2) is 38.0 Å². The molecule has 0 saturated carbocycles. The highest BCUT2D eigenvalue weighted by Gasteiger charge is 2.15. The van der Waals surface area contributed by atoms with E-state index in [2.05, 4.69) is 19.7 Å². The molecule has 1 aromatic rings. The Morgan fingerprint density at radius 2 is 1.78 bits per heavy atom. The Hall–Kier alpha value is -2.00. The van der Waals surface area contributed by atoms with Gasteiger partial charge in [0.1, 0.15) is 0 Å². The fourth-order valence-corrected chi connectivity index (χ4v) is 1.88. The quantitative estimate of drug-likeness (QED) is 0.596. The number of allylic oxidation sites excluding steroid dienone is 3. The highest BCUT2D eigenvalue weighted by atomic mass is 16.2. The zero-order chi connectivity index (χ0) is 13.5. The summed E-state index contributed by atoms with van der Waals surface area (Å²) in [6.45, 7) is 13.2. The van der Waals surface area contributed by atoms with Gasteiger partial charge in [-0.05, 0) is 19.1 Å². The van der Waals surface area contributed by atoms with Gasteiger partial charge in [-0.25, -0.2) is 0 Å². The van der Waals surface area contributed by atoms with Crippen LogP contribution in [0.1, 0.15) is 29.4 Å². The Labute approximate surface area is 109 Å². The minimum absolute atomic E-state index is 0.828. The summed E-state index contributed by atoms with van der Waals surface area (Å²) in [5, 5.41) is 9.40. The summed E-state index contributed by atoms with van der Waals surface area (Å²) in [4.78, 5) is 0. The molecule has 0 unspecified atom stereocenters. The predicted molar refractivity (Wildman–Crippen MR) is 81.9 cm³/mol. The molecule has 0 aliphatic heterocycles. The van der Waals surface area contributed by atoms with Crippen LogP contribution in [-0.2, 0) is 0 Å². The second-order valence-electron chi connectivity index (χ2n) is 3.59. The van der Waals surface area contributed by atoms with Gasteiger partial charge in [-0.2, -0.15) is 0 Å². The molecule has 0 bridgehead atoms. The van der Waals surface area contributed by atoms with Gasteiger partial charge in [0, 0.05) is 22.5 Å². The van der Waals surface area contributed by atoms with Crippen molar-refractivity contribution in [2.75, 3.05) is 0 Å². The lowest BCUT2D eigenvalue weighted by Crippen LogP contribution is -2.09. The first-order chi connectivity index (χ1) is 8.74. The Morgan fingerprint density at radius 3 is 2.22 bits per heavy atom. The summed E-state index contributed by atoms with van der Waals surface area (Å²) in [7, 11) is 1.03. The van der Waals surface area contributed by atoms with Crippen molar-refractivity contribution in [1.29, 1.82) is 0 Å². The van der Waals surface area contributed by atoms with E-state index in [0.29, 0.717) is 0 Å². The van der Waals surface area contributed by atoms with E-state index in [-0.39, 0.29) is 0 Å². The summed E-state index contributed by atoms with van der Waals surface area (Å²) in [5.74, 6) is 0. The number of hydrogen-bond acceptors (Lipinski definition) is 1. The second-order valence-corrected chi connectivity index (χ2v) is 3.59. The number of aromatic nitrogens is 1. The third kappa shape index (κ3) is 2.46. The minimum atomic E-state index is 0.828. The van der Waals surface area contributed by atoms with Crippen LogP contribution in [0.3, 0.4) is 0 Å². The molecular weight excluding hydrogens is 221 g/mol. The maximum absolute atomic E-state index is 9.40. The monoisotopic (exact) mass is 238 g/mol. The zero-order valence-corrected chi connectivity index (χ0v) is 10.6. The summed E-state index contributed by atoms with van der Waals surface area (Å²) in [6, 6.07) is 0. The number of rotatable bonds is 6. The van der Waals surface area contributed by atoms with Crippen LogP contribution < -0.4 is 0 Å². The maximum atomic E-state index is 9.40. The van der Waals surface area contributed by atoms with Crippen LogP contribution in [0.25, 0.3) is 24.3 Å². The highest BCUT2D eigenvalue weighted by molar-refractivity contribution is 6.25. The number of nitrogens with zero attached hydrogens (tertiary/aromatic N) is 1. The molecule has 0 aliphatic carbocycles. The largest absolute Gasteiger partial charge is 0.441 e. The van der Waals surface area contributed by atoms with Gasteiger partial charge in [-0.3, -0.25) is 0 Å². The van der Waals surface area contributed by atoms with E-state index in [1.807, 2.05) is 31.2 Å². The average molecular weight is 238 g/mol. The lowest BCUT2D eigenvalue weighted by Gasteiger charge is -2.03. The van der Waals surface area contributed by atoms with Gasteiger partial charge in [0.2, 0.25) is 0 Å². The molecule has 1 radical (unpaired) electrons. The van der Waals surface area contributed by atoms with E-state index >= 15 is 0 Å². The van der Waals surface area contributed by atoms with Gasteiger partial charge in [0.15, 0.2) is 0 Å². The van der Waals surface area contributed by atoms with Crippen molar-refractivity contribution in [2.24, 2.45) is 0 Å². The fourth-order valence-electron chi connectivity index (χ4n) is 1.88. The third-order valence-electron chi connectivity index (χ3n) is 2.60. The van der Waals surface area contributed by atoms with Crippen molar-refractivity contribution >= 4 is 31.9 Å². The van der Waals surface area contributed by atoms with E-state index in [1.165, 1.54) is 0 Å². The van der Waals surface area contributed by atoms with Crippen LogP contribution in [-0.4, -0.2) is 17.1 Å². The standard InChI is InChI=1S/C15H17BNO/c1-5-9-11-15-12(7-3)13(10-6-2)14(8-4)17(15)16-18/h5-11,18H,1,3-4H2,2H3/b10-6-,11-9-. The van der Waals surface area contributed by atoms with Crippen molar-refractivity contribution in [3.63, 3.8) is 0 Å². The summed E-state index contributed by atoms with van der Waals surface area (Å²) in [6.07, 6.45) is 12.8. The van der Waals surface area contributed by atoms with Crippen molar-refractivity contribution in [3.8, 4) is 0 Å². The van der Waals surface area contributed by atoms with Gasteiger partial charge in [-0.15, -0.1) is 0 Å². The molecular formula is C15H17BNO. The molecule has 0 amide bonds. The number of hydrogen-bond donors (Lipinski definition) is 1. The first-order valence-corrected chi connectivity index (χ1v) is 5.67. The van der Waals surface area contributed by atoms with Crippen LogP contribution >= 0.6 is 0 Å². The van der Waals surface area contributed by atoms with Crippen molar-refractivity contribution in [2.45, 2.75) is 6.92 Å². The van der Waals surface area contributed by atoms with E-state index in [1.54, 1.807) is 22.7 Å². The highest BCUT2D eigenvalue weighted by Crippen LogP contribution is 2.27. The Bertz CT molecular complexity index is 521. The van der Waals surface area contributed by atoms with Crippen molar-refractivity contribution in [3.05, 3.63) is 60.5 Å². The lowest BCUT2D eigenvalue weighted by molar-refractivity contribution is 0.588. The molecule has 2 nitrogen and oxygen atoms in total. The third-order valence-corrected chi connectivity index (χ3v) is 2.60. The molecule has 1 N–H and O–H groups in total. The van der Waals surface area contributed by atoms with Gasteiger partial charge in [0.25, 0.3) is 0 Å². The molecule has 0 aromatic carbocycles. The molecule has 0 atom stereocenters. The Balaban J connectivity index is 3.66. The molecule has 0 spiro atoms. The molecule has 0 aliphatic rings. The van der Waals surface area contributed by atoms with Crippen molar-refractivity contribution < 1.29 is 5.02 Å². The van der Waals surface area contributed by atoms with Gasteiger partial charge >= 0.3 is 7.62 Å². The van der Waals surface area contributed by atoms with Gasteiger partial charge in [0.05, 0.1) is 0 Å². The molecule has 0 fully saturated rings. The molecule has 0 saturated heterocycles. The lowest BCUT2D eigenvalue weighted by atomic mass is 10.1. The molecule has 1 aromatic heterocycles.